The van der Waals surface area contributed by atoms with Gasteiger partial charge in [0.05, 0.1) is 23.7 Å². The van der Waals surface area contributed by atoms with Gasteiger partial charge in [0, 0.05) is 26.2 Å². The average Bonchev–Trinajstić information content (AvgIpc) is 2.65. The number of carbonyl (C=O) groups excluding carboxylic acids is 3. The number of carbonyl (C=O) groups is 3. The molecule has 1 fully saturated rings. The molecule has 3 rings (SSSR count). The van der Waals surface area contributed by atoms with Gasteiger partial charge >= 0.3 is 11.9 Å². The summed E-state index contributed by atoms with van der Waals surface area (Å²) in [5, 5.41) is 32.7. The molecule has 0 spiro atoms. The summed E-state index contributed by atoms with van der Waals surface area (Å²) in [7, 11) is 0. The molecule has 4 bridgehead atoms. The van der Waals surface area contributed by atoms with Crippen molar-refractivity contribution in [2.24, 2.45) is 16.7 Å². The number of hydrogen-bond donors (Lipinski definition) is 3. The predicted octanol–water partition coefficient (Wildman–Crippen LogP) is 1.60. The van der Waals surface area contributed by atoms with Crippen LogP contribution in [0.25, 0.3) is 0 Å². The Hall–Kier alpha value is -2.03. The van der Waals surface area contributed by atoms with Crippen LogP contribution in [-0.2, 0) is 23.9 Å². The van der Waals surface area contributed by atoms with E-state index in [1.54, 1.807) is 19.9 Å². The smallest absolute Gasteiger partial charge is 0.303 e. The lowest BCUT2D eigenvalue weighted by Crippen LogP contribution is -2.56. The summed E-state index contributed by atoms with van der Waals surface area (Å²) in [6.45, 7) is 9.49. The lowest BCUT2D eigenvalue weighted by atomic mass is 9.57. The lowest BCUT2D eigenvalue weighted by Gasteiger charge is -2.50. The molecule has 8 heteroatoms. The van der Waals surface area contributed by atoms with Gasteiger partial charge in [0.2, 0.25) is 0 Å². The van der Waals surface area contributed by atoms with E-state index in [4.69, 9.17) is 9.47 Å². The first kappa shape index (κ1) is 24.6. The Balaban J connectivity index is 2.29. The standard InChI is InChI=1S/C24H34O8/c1-11-16(27)8-15-18(29)7-14-10-24(6,19(9-17(14)28)31-12(2)25)22(30)21(32-13(3)26)20(11)23(15,4)5/h7,15-19,21,27-29H,8-10H2,1-6H3/b14-7+/t15-,16-,17-,18-,19-,21+,24-/m0/s1. The van der Waals surface area contributed by atoms with Crippen molar-refractivity contribution in [3.8, 4) is 0 Å². The molecular formula is C24H34O8. The quantitative estimate of drug-likeness (QED) is 0.427. The van der Waals surface area contributed by atoms with Crippen molar-refractivity contribution in [3.63, 3.8) is 0 Å². The molecule has 3 N–H and O–H groups in total. The number of aliphatic hydroxyl groups is 3. The fourth-order valence-electron chi connectivity index (χ4n) is 5.82. The van der Waals surface area contributed by atoms with Crippen LogP contribution in [0, 0.1) is 16.7 Å². The second kappa shape index (κ2) is 8.39. The number of aliphatic hydroxyl groups excluding tert-OH is 3. The predicted molar refractivity (Wildman–Crippen MR) is 114 cm³/mol. The molecule has 32 heavy (non-hydrogen) atoms. The molecule has 0 saturated heterocycles. The monoisotopic (exact) mass is 450 g/mol. The molecular weight excluding hydrogens is 416 g/mol. The Kier molecular flexibility index (Phi) is 6.45. The fraction of sp³-hybridized carbons (Fsp3) is 0.708. The number of ether oxygens (including phenoxy) is 2. The molecule has 0 aliphatic heterocycles. The summed E-state index contributed by atoms with van der Waals surface area (Å²) in [6, 6.07) is 0. The third kappa shape index (κ3) is 4.04. The van der Waals surface area contributed by atoms with Gasteiger partial charge in [-0.05, 0) is 48.8 Å². The van der Waals surface area contributed by atoms with Crippen LogP contribution in [0.5, 0.6) is 0 Å². The van der Waals surface area contributed by atoms with Gasteiger partial charge in [-0.15, -0.1) is 0 Å². The molecule has 7 atom stereocenters. The molecule has 178 valence electrons. The molecule has 3 aliphatic carbocycles. The number of Topliss-reactive ketones (excluding diaryl/α,β-unsaturated/α-hetero) is 1. The maximum atomic E-state index is 14.1. The molecule has 1 saturated carbocycles. The van der Waals surface area contributed by atoms with Crippen molar-refractivity contribution < 1.29 is 39.2 Å². The summed E-state index contributed by atoms with van der Waals surface area (Å²) in [4.78, 5) is 38.0. The maximum absolute atomic E-state index is 14.1. The van der Waals surface area contributed by atoms with E-state index in [0.29, 0.717) is 16.7 Å². The minimum atomic E-state index is -1.31. The average molecular weight is 451 g/mol. The summed E-state index contributed by atoms with van der Waals surface area (Å²) < 4.78 is 11.0. The summed E-state index contributed by atoms with van der Waals surface area (Å²) in [5.41, 5.74) is -0.648. The molecule has 0 aromatic rings. The highest BCUT2D eigenvalue weighted by molar-refractivity contribution is 5.94. The second-order valence-corrected chi connectivity index (χ2v) is 10.2. The third-order valence-corrected chi connectivity index (χ3v) is 7.62. The number of hydrogen-bond acceptors (Lipinski definition) is 8. The highest BCUT2D eigenvalue weighted by Gasteiger charge is 2.57. The Morgan fingerprint density at radius 2 is 1.59 bits per heavy atom. The van der Waals surface area contributed by atoms with Gasteiger partial charge in [-0.3, -0.25) is 14.4 Å². The molecule has 0 unspecified atom stereocenters. The molecule has 0 aromatic heterocycles. The molecule has 3 aliphatic rings. The molecule has 0 amide bonds. The second-order valence-electron chi connectivity index (χ2n) is 10.2. The van der Waals surface area contributed by atoms with Crippen LogP contribution in [-0.4, -0.2) is 63.6 Å². The number of ketones is 1. The minimum Gasteiger partial charge on any atom is -0.461 e. The van der Waals surface area contributed by atoms with Crippen LogP contribution in [0.1, 0.15) is 60.8 Å². The van der Waals surface area contributed by atoms with E-state index >= 15 is 0 Å². The van der Waals surface area contributed by atoms with Gasteiger partial charge in [0.15, 0.2) is 11.9 Å². The molecule has 0 aromatic carbocycles. The van der Waals surface area contributed by atoms with Crippen molar-refractivity contribution >= 4 is 17.7 Å². The summed E-state index contributed by atoms with van der Waals surface area (Å²) >= 11 is 0. The van der Waals surface area contributed by atoms with Gasteiger partial charge in [-0.2, -0.15) is 0 Å². The van der Waals surface area contributed by atoms with Crippen molar-refractivity contribution in [1.29, 1.82) is 0 Å². The molecule has 0 radical (unpaired) electrons. The highest BCUT2D eigenvalue weighted by Crippen LogP contribution is 2.52. The van der Waals surface area contributed by atoms with Crippen LogP contribution in [0.15, 0.2) is 22.8 Å². The van der Waals surface area contributed by atoms with Crippen molar-refractivity contribution in [3.05, 3.63) is 22.8 Å². The van der Waals surface area contributed by atoms with Crippen molar-refractivity contribution in [2.45, 2.75) is 91.3 Å². The number of esters is 2. The van der Waals surface area contributed by atoms with Gasteiger partial charge in [0.25, 0.3) is 0 Å². The first-order valence-corrected chi connectivity index (χ1v) is 11.0. The van der Waals surface area contributed by atoms with Gasteiger partial charge in [-0.1, -0.05) is 19.9 Å². The van der Waals surface area contributed by atoms with Crippen molar-refractivity contribution in [2.75, 3.05) is 0 Å². The first-order chi connectivity index (χ1) is 14.7. The third-order valence-electron chi connectivity index (χ3n) is 7.62. The topological polar surface area (TPSA) is 130 Å². The van der Waals surface area contributed by atoms with Gasteiger partial charge in [-0.25, -0.2) is 0 Å². The summed E-state index contributed by atoms with van der Waals surface area (Å²) in [5.74, 6) is -2.18. The van der Waals surface area contributed by atoms with Crippen LogP contribution < -0.4 is 0 Å². The van der Waals surface area contributed by atoms with E-state index in [1.807, 2.05) is 13.8 Å². The largest absolute Gasteiger partial charge is 0.461 e. The van der Waals surface area contributed by atoms with Crippen molar-refractivity contribution in [1.82, 2.24) is 0 Å². The van der Waals surface area contributed by atoms with Crippen LogP contribution in [0.3, 0.4) is 0 Å². The normalized spacial score (nSPS) is 40.8. The molecule has 0 heterocycles. The van der Waals surface area contributed by atoms with Crippen LogP contribution in [0.2, 0.25) is 0 Å². The number of rotatable bonds is 2. The van der Waals surface area contributed by atoms with E-state index in [-0.39, 0.29) is 19.3 Å². The maximum Gasteiger partial charge on any atom is 0.303 e. The SMILES string of the molecule is CC(=O)O[C@H]1C(=O)[C@@]2(C)C/C(=C\[C@H](O)[C@@H]3C[C@H](O)C(C)=C1C3(C)C)[C@@H](O)C[C@@H]2OC(C)=O. The van der Waals surface area contributed by atoms with Gasteiger partial charge < -0.3 is 24.8 Å². The number of fused-ring (bicyclic) bond motifs is 4. The van der Waals surface area contributed by atoms with E-state index in [2.05, 4.69) is 0 Å². The molecule has 8 nitrogen and oxygen atoms in total. The van der Waals surface area contributed by atoms with E-state index < -0.39 is 65.0 Å². The van der Waals surface area contributed by atoms with E-state index in [9.17, 15) is 29.7 Å². The zero-order valence-electron chi connectivity index (χ0n) is 19.5. The van der Waals surface area contributed by atoms with E-state index in [0.717, 1.165) is 0 Å². The summed E-state index contributed by atoms with van der Waals surface area (Å²) in [6.07, 6.45) is -3.33. The fourth-order valence-corrected chi connectivity index (χ4v) is 5.82. The Labute approximate surface area is 188 Å². The minimum absolute atomic E-state index is 0.0120. The Morgan fingerprint density at radius 1 is 1.00 bits per heavy atom. The Morgan fingerprint density at radius 3 is 2.16 bits per heavy atom. The zero-order chi connectivity index (χ0) is 24.2. The van der Waals surface area contributed by atoms with E-state index in [1.165, 1.54) is 13.8 Å². The first-order valence-electron chi connectivity index (χ1n) is 11.0. The zero-order valence-corrected chi connectivity index (χ0v) is 19.5. The highest BCUT2D eigenvalue weighted by atomic mass is 16.6. The Bertz CT molecular complexity index is 884. The lowest BCUT2D eigenvalue weighted by molar-refractivity contribution is -0.170. The van der Waals surface area contributed by atoms with Crippen LogP contribution in [0.4, 0.5) is 0 Å². The van der Waals surface area contributed by atoms with Gasteiger partial charge in [0.1, 0.15) is 6.10 Å². The van der Waals surface area contributed by atoms with Crippen LogP contribution >= 0.6 is 0 Å².